The van der Waals surface area contributed by atoms with Gasteiger partial charge in [-0.15, -0.1) is 0 Å². The number of ketones is 1. The summed E-state index contributed by atoms with van der Waals surface area (Å²) < 4.78 is 14.2. The Morgan fingerprint density at radius 2 is 1.89 bits per heavy atom. The molecule has 2 N–H and O–H groups in total. The molecule has 35 heavy (non-hydrogen) atoms. The number of hydrazine groups is 1. The molecule has 0 radical (unpaired) electrons. The summed E-state index contributed by atoms with van der Waals surface area (Å²) in [5, 5.41) is 0. The number of fused-ring (bicyclic) bond motifs is 2. The van der Waals surface area contributed by atoms with Crippen molar-refractivity contribution in [3.8, 4) is 11.1 Å². The van der Waals surface area contributed by atoms with E-state index in [-0.39, 0.29) is 28.5 Å². The van der Waals surface area contributed by atoms with Gasteiger partial charge in [-0.3, -0.25) is 15.6 Å². The molecule has 3 aromatic rings. The van der Waals surface area contributed by atoms with Gasteiger partial charge in [0.1, 0.15) is 5.82 Å². The Morgan fingerprint density at radius 1 is 1.06 bits per heavy atom. The molecule has 3 fully saturated rings. The van der Waals surface area contributed by atoms with E-state index in [1.807, 2.05) is 12.1 Å². The SMILES string of the molecule is O=C(c1ccc2c(c1)N(c1ncc(-c3ccccc3F)cn1)CC21CC1)C1CCC2(CCNN2)C1. The van der Waals surface area contributed by atoms with Crippen molar-refractivity contribution in [2.75, 3.05) is 18.0 Å². The van der Waals surface area contributed by atoms with Gasteiger partial charge in [0, 0.05) is 64.7 Å². The third-order valence-electron chi connectivity index (χ3n) is 8.58. The Morgan fingerprint density at radius 3 is 2.63 bits per heavy atom. The summed E-state index contributed by atoms with van der Waals surface area (Å²) in [7, 11) is 0. The molecule has 2 aliphatic heterocycles. The van der Waals surface area contributed by atoms with Crippen LogP contribution in [0.15, 0.2) is 54.9 Å². The number of carbonyl (C=O) groups is 1. The summed E-state index contributed by atoms with van der Waals surface area (Å²) in [5.41, 5.74) is 11.2. The molecule has 4 aliphatic rings. The summed E-state index contributed by atoms with van der Waals surface area (Å²) in [6, 6.07) is 12.9. The van der Waals surface area contributed by atoms with E-state index in [9.17, 15) is 9.18 Å². The molecule has 7 rings (SSSR count). The molecule has 0 bridgehead atoms. The number of carbonyl (C=O) groups excluding carboxylic acids is 1. The fourth-order valence-corrected chi connectivity index (χ4v) is 6.42. The lowest BCUT2D eigenvalue weighted by molar-refractivity contribution is 0.0917. The van der Waals surface area contributed by atoms with Crippen molar-refractivity contribution in [3.05, 3.63) is 71.8 Å². The molecule has 3 heterocycles. The highest BCUT2D eigenvalue weighted by atomic mass is 19.1. The molecule has 7 heteroatoms. The van der Waals surface area contributed by atoms with Gasteiger partial charge in [-0.05, 0) is 56.2 Å². The lowest BCUT2D eigenvalue weighted by Gasteiger charge is -2.22. The standard InChI is InChI=1S/C28H28FN5O/c29-23-4-2-1-3-21(23)20-15-30-26(31-16-20)34-17-27(9-10-27)22-6-5-18(13-24(22)34)25(35)19-7-8-28(14-19)11-12-32-33-28/h1-6,13,15-16,19,32-33H,7-12,14,17H2. The van der Waals surface area contributed by atoms with Gasteiger partial charge in [0.2, 0.25) is 5.95 Å². The molecule has 2 atom stereocenters. The van der Waals surface area contributed by atoms with Crippen molar-refractivity contribution in [2.24, 2.45) is 5.92 Å². The van der Waals surface area contributed by atoms with Gasteiger partial charge >= 0.3 is 0 Å². The van der Waals surface area contributed by atoms with Crippen LogP contribution in [0.3, 0.4) is 0 Å². The van der Waals surface area contributed by atoms with Gasteiger partial charge in [-0.1, -0.05) is 30.3 Å². The van der Waals surface area contributed by atoms with Gasteiger partial charge in [0.25, 0.3) is 0 Å². The molecule has 0 amide bonds. The number of halogens is 1. The van der Waals surface area contributed by atoms with Crippen LogP contribution in [0.2, 0.25) is 0 Å². The highest BCUT2D eigenvalue weighted by Crippen LogP contribution is 2.58. The van der Waals surface area contributed by atoms with Crippen molar-refractivity contribution in [1.29, 1.82) is 0 Å². The first kappa shape index (κ1) is 21.1. The van der Waals surface area contributed by atoms with Crippen LogP contribution in [0.5, 0.6) is 0 Å². The van der Waals surface area contributed by atoms with E-state index in [4.69, 9.17) is 0 Å². The Kier molecular flexibility index (Phi) is 4.63. The second kappa shape index (κ2) is 7.67. The van der Waals surface area contributed by atoms with E-state index in [1.165, 1.54) is 11.6 Å². The van der Waals surface area contributed by atoms with Crippen LogP contribution in [-0.4, -0.2) is 34.4 Å². The zero-order chi connectivity index (χ0) is 23.6. The predicted molar refractivity (Wildman–Crippen MR) is 132 cm³/mol. The van der Waals surface area contributed by atoms with Crippen LogP contribution in [0, 0.1) is 11.7 Å². The van der Waals surface area contributed by atoms with Gasteiger partial charge in [0.05, 0.1) is 0 Å². The third-order valence-corrected chi connectivity index (χ3v) is 8.58. The fraction of sp³-hybridized carbons (Fsp3) is 0.393. The second-order valence-electron chi connectivity index (χ2n) is 10.7. The average molecular weight is 470 g/mol. The van der Waals surface area contributed by atoms with Gasteiger partial charge in [-0.25, -0.2) is 14.4 Å². The Bertz CT molecular complexity index is 1310. The summed E-state index contributed by atoms with van der Waals surface area (Å²) in [4.78, 5) is 24.9. The molecular weight excluding hydrogens is 441 g/mol. The molecule has 1 saturated heterocycles. The van der Waals surface area contributed by atoms with E-state index in [1.54, 1.807) is 24.5 Å². The lowest BCUT2D eigenvalue weighted by Crippen LogP contribution is -2.41. The van der Waals surface area contributed by atoms with Crippen molar-refractivity contribution in [2.45, 2.75) is 49.5 Å². The van der Waals surface area contributed by atoms with Crippen LogP contribution in [-0.2, 0) is 5.41 Å². The highest BCUT2D eigenvalue weighted by Gasteiger charge is 2.53. The van der Waals surface area contributed by atoms with E-state index in [2.05, 4.69) is 37.9 Å². The number of aromatic nitrogens is 2. The summed E-state index contributed by atoms with van der Waals surface area (Å²) in [6.07, 6.45) is 9.60. The number of hydrogen-bond acceptors (Lipinski definition) is 6. The van der Waals surface area contributed by atoms with Crippen molar-refractivity contribution < 1.29 is 9.18 Å². The van der Waals surface area contributed by atoms with E-state index in [0.29, 0.717) is 17.1 Å². The highest BCUT2D eigenvalue weighted by molar-refractivity contribution is 5.99. The van der Waals surface area contributed by atoms with Crippen LogP contribution in [0.1, 0.15) is 54.4 Å². The molecule has 2 spiro atoms. The fourth-order valence-electron chi connectivity index (χ4n) is 6.42. The molecule has 2 saturated carbocycles. The predicted octanol–water partition coefficient (Wildman–Crippen LogP) is 4.69. The first-order valence-corrected chi connectivity index (χ1v) is 12.6. The quantitative estimate of drug-likeness (QED) is 0.541. The van der Waals surface area contributed by atoms with Gasteiger partial charge < -0.3 is 4.90 Å². The van der Waals surface area contributed by atoms with Crippen LogP contribution < -0.4 is 15.8 Å². The second-order valence-corrected chi connectivity index (χ2v) is 10.7. The Balaban J connectivity index is 1.19. The smallest absolute Gasteiger partial charge is 0.229 e. The Labute approximate surface area is 203 Å². The number of nitrogens with one attached hydrogen (secondary N) is 2. The number of nitrogens with zero attached hydrogens (tertiary/aromatic N) is 3. The molecule has 178 valence electrons. The molecule has 2 aromatic carbocycles. The van der Waals surface area contributed by atoms with Crippen LogP contribution in [0.4, 0.5) is 16.0 Å². The van der Waals surface area contributed by atoms with Gasteiger partial charge in [0.15, 0.2) is 5.78 Å². The largest absolute Gasteiger partial charge is 0.309 e. The zero-order valence-corrected chi connectivity index (χ0v) is 19.6. The minimum Gasteiger partial charge on any atom is -0.309 e. The average Bonchev–Trinajstić information content (AvgIpc) is 3.20. The first-order chi connectivity index (χ1) is 17.1. The summed E-state index contributed by atoms with van der Waals surface area (Å²) >= 11 is 0. The maximum Gasteiger partial charge on any atom is 0.229 e. The number of rotatable bonds is 4. The molecular formula is C28H28FN5O. The van der Waals surface area contributed by atoms with Crippen LogP contribution in [0.25, 0.3) is 11.1 Å². The van der Waals surface area contributed by atoms with E-state index >= 15 is 0 Å². The summed E-state index contributed by atoms with van der Waals surface area (Å²) in [5.74, 6) is 0.612. The zero-order valence-electron chi connectivity index (χ0n) is 19.6. The number of Topliss-reactive ketones (excluding diaryl/α,β-unsaturated/α-hetero) is 1. The van der Waals surface area contributed by atoms with E-state index in [0.717, 1.165) is 62.9 Å². The number of benzene rings is 2. The van der Waals surface area contributed by atoms with Crippen LogP contribution >= 0.6 is 0 Å². The third kappa shape index (κ3) is 3.40. The number of anilines is 2. The monoisotopic (exact) mass is 469 g/mol. The maximum atomic E-state index is 14.2. The molecule has 1 aromatic heterocycles. The summed E-state index contributed by atoms with van der Waals surface area (Å²) in [6.45, 7) is 1.79. The lowest BCUT2D eigenvalue weighted by atomic mass is 9.89. The normalized spacial score (nSPS) is 26.0. The minimum absolute atomic E-state index is 0.0569. The van der Waals surface area contributed by atoms with E-state index < -0.39 is 0 Å². The first-order valence-electron chi connectivity index (χ1n) is 12.6. The van der Waals surface area contributed by atoms with Crippen molar-refractivity contribution >= 4 is 17.4 Å². The number of hydrogen-bond donors (Lipinski definition) is 2. The van der Waals surface area contributed by atoms with Crippen molar-refractivity contribution in [3.63, 3.8) is 0 Å². The molecule has 6 nitrogen and oxygen atoms in total. The molecule has 2 aliphatic carbocycles. The molecule has 2 unspecified atom stereocenters. The maximum absolute atomic E-state index is 14.2. The topological polar surface area (TPSA) is 70.2 Å². The minimum atomic E-state index is -0.285. The van der Waals surface area contributed by atoms with Gasteiger partial charge in [-0.2, -0.15) is 0 Å². The van der Waals surface area contributed by atoms with Crippen molar-refractivity contribution in [1.82, 2.24) is 20.8 Å². The Hall–Kier alpha value is -3.16.